The predicted octanol–water partition coefficient (Wildman–Crippen LogP) is 3.99. The summed E-state index contributed by atoms with van der Waals surface area (Å²) in [5.74, 6) is -2.45. The molecule has 26 heavy (non-hydrogen) atoms. The van der Waals surface area contributed by atoms with Crippen molar-refractivity contribution in [1.29, 1.82) is 0 Å². The molecule has 1 aromatic carbocycles. The topological polar surface area (TPSA) is 86.5 Å². The van der Waals surface area contributed by atoms with Crippen molar-refractivity contribution >= 4 is 17.4 Å². The molecular weight excluding hydrogens is 362 g/mol. The minimum absolute atomic E-state index is 0.139. The Hall–Kier alpha value is -2.78. The van der Waals surface area contributed by atoms with Gasteiger partial charge in [0.25, 0.3) is 5.69 Å². The molecule has 0 bridgehead atoms. The Bertz CT molecular complexity index is 813. The molecule has 0 heterocycles. The number of ketones is 1. The lowest BCUT2D eigenvalue weighted by Crippen LogP contribution is -2.36. The fraction of sp³-hybridized carbons (Fsp3) is 0.375. The van der Waals surface area contributed by atoms with Gasteiger partial charge in [0.1, 0.15) is 11.3 Å². The second kappa shape index (κ2) is 6.50. The Morgan fingerprint density at radius 3 is 2.46 bits per heavy atom. The van der Waals surface area contributed by atoms with Crippen LogP contribution in [0.5, 0.6) is 0 Å². The lowest BCUT2D eigenvalue weighted by atomic mass is 9.78. The Morgan fingerprint density at radius 2 is 1.96 bits per heavy atom. The van der Waals surface area contributed by atoms with E-state index in [1.165, 1.54) is 13.8 Å². The van der Waals surface area contributed by atoms with Crippen LogP contribution < -0.4 is 0 Å². The fourth-order valence-corrected chi connectivity index (χ4v) is 2.48. The first-order chi connectivity index (χ1) is 11.8. The number of carbonyl (C=O) groups is 2. The van der Waals surface area contributed by atoms with E-state index in [9.17, 15) is 37.3 Å². The molecule has 0 aliphatic heterocycles. The minimum atomic E-state index is -4.83. The van der Waals surface area contributed by atoms with E-state index in [2.05, 4.69) is 0 Å². The van der Waals surface area contributed by atoms with Crippen LogP contribution in [0.25, 0.3) is 0 Å². The number of benzene rings is 1. The maximum absolute atomic E-state index is 13.8. The second-order valence-corrected chi connectivity index (χ2v) is 6.42. The van der Waals surface area contributed by atoms with Crippen LogP contribution in [0.1, 0.15) is 36.2 Å². The number of ether oxygens (including phenoxy) is 1. The summed E-state index contributed by atoms with van der Waals surface area (Å²) in [5, 5.41) is 11.0. The zero-order chi connectivity index (χ0) is 19.9. The van der Waals surface area contributed by atoms with Gasteiger partial charge in [0, 0.05) is 24.0 Å². The Labute approximate surface area is 144 Å². The lowest BCUT2D eigenvalue weighted by Gasteiger charge is -2.31. The zero-order valence-corrected chi connectivity index (χ0v) is 13.6. The van der Waals surface area contributed by atoms with E-state index in [0.717, 1.165) is 6.08 Å². The number of allylic oxidation sites excluding steroid dienone is 2. The van der Waals surface area contributed by atoms with E-state index in [1.807, 2.05) is 0 Å². The molecule has 0 amide bonds. The van der Waals surface area contributed by atoms with E-state index in [0.29, 0.717) is 12.1 Å². The van der Waals surface area contributed by atoms with Gasteiger partial charge in [-0.1, -0.05) is 13.8 Å². The van der Waals surface area contributed by atoms with Gasteiger partial charge in [0.15, 0.2) is 12.0 Å². The second-order valence-electron chi connectivity index (χ2n) is 6.42. The first-order valence-corrected chi connectivity index (χ1v) is 7.29. The lowest BCUT2D eigenvalue weighted by molar-refractivity contribution is -0.385. The SMILES string of the molecule is CC1(C)CC(OC(=O)c2ccc(C(F)(F)F)cc2[N+](=O)[O-])=CC(=O)C1F. The van der Waals surface area contributed by atoms with Crippen molar-refractivity contribution in [1.82, 2.24) is 0 Å². The van der Waals surface area contributed by atoms with Crippen molar-refractivity contribution in [2.45, 2.75) is 32.6 Å². The Balaban J connectivity index is 2.34. The fourth-order valence-electron chi connectivity index (χ4n) is 2.48. The summed E-state index contributed by atoms with van der Waals surface area (Å²) in [7, 11) is 0. The average molecular weight is 375 g/mol. The molecular formula is C16H13F4NO5. The van der Waals surface area contributed by atoms with Gasteiger partial charge in [0.05, 0.1) is 10.5 Å². The highest BCUT2D eigenvalue weighted by Gasteiger charge is 2.40. The number of alkyl halides is 4. The van der Waals surface area contributed by atoms with Crippen molar-refractivity contribution < 1.29 is 36.8 Å². The van der Waals surface area contributed by atoms with Crippen LogP contribution in [0.2, 0.25) is 0 Å². The first-order valence-electron chi connectivity index (χ1n) is 7.29. The van der Waals surface area contributed by atoms with Gasteiger partial charge in [0.2, 0.25) is 0 Å². The summed E-state index contributed by atoms with van der Waals surface area (Å²) in [6.45, 7) is 2.86. The van der Waals surface area contributed by atoms with Gasteiger partial charge in [-0.25, -0.2) is 9.18 Å². The summed E-state index contributed by atoms with van der Waals surface area (Å²) < 4.78 is 56.7. The molecule has 0 fully saturated rings. The number of rotatable bonds is 3. The summed E-state index contributed by atoms with van der Waals surface area (Å²) >= 11 is 0. The Kier molecular flexibility index (Phi) is 4.89. The molecule has 0 radical (unpaired) electrons. The number of hydrogen-bond acceptors (Lipinski definition) is 5. The summed E-state index contributed by atoms with van der Waals surface area (Å²) in [4.78, 5) is 33.6. The molecule has 10 heteroatoms. The average Bonchev–Trinajstić information content (AvgIpc) is 2.50. The van der Waals surface area contributed by atoms with Gasteiger partial charge in [-0.3, -0.25) is 14.9 Å². The highest BCUT2D eigenvalue weighted by Crippen LogP contribution is 2.37. The molecule has 140 valence electrons. The maximum Gasteiger partial charge on any atom is 0.416 e. The van der Waals surface area contributed by atoms with E-state index in [4.69, 9.17) is 4.74 Å². The van der Waals surface area contributed by atoms with Crippen molar-refractivity contribution in [3.63, 3.8) is 0 Å². The largest absolute Gasteiger partial charge is 0.427 e. The smallest absolute Gasteiger partial charge is 0.416 e. The number of nitrogens with zero attached hydrogens (tertiary/aromatic N) is 1. The number of carbonyl (C=O) groups excluding carboxylic acids is 2. The molecule has 0 N–H and O–H groups in total. The third-order valence-electron chi connectivity index (χ3n) is 3.83. The summed E-state index contributed by atoms with van der Waals surface area (Å²) in [6.07, 6.45) is -6.00. The standard InChI is InChI=1S/C16H13F4NO5/c1-15(2)7-9(6-12(22)13(15)17)26-14(23)10-4-3-8(16(18,19)20)5-11(10)21(24)25/h3-6,13H,7H2,1-2H3. The van der Waals surface area contributed by atoms with Crippen molar-refractivity contribution in [3.8, 4) is 0 Å². The number of esters is 1. The molecule has 0 spiro atoms. The number of hydrogen-bond donors (Lipinski definition) is 0. The van der Waals surface area contributed by atoms with Gasteiger partial charge in [-0.05, 0) is 12.1 Å². The molecule has 0 saturated heterocycles. The third kappa shape index (κ3) is 3.89. The van der Waals surface area contributed by atoms with Crippen LogP contribution in [-0.4, -0.2) is 22.8 Å². The molecule has 1 aliphatic rings. The van der Waals surface area contributed by atoms with E-state index >= 15 is 0 Å². The normalized spacial score (nSPS) is 19.7. The van der Waals surface area contributed by atoms with Crippen molar-refractivity contribution in [2.75, 3.05) is 0 Å². The highest BCUT2D eigenvalue weighted by atomic mass is 19.4. The predicted molar refractivity (Wildman–Crippen MR) is 79.9 cm³/mol. The quantitative estimate of drug-likeness (QED) is 0.345. The van der Waals surface area contributed by atoms with Gasteiger partial charge >= 0.3 is 12.1 Å². The number of nitro groups is 1. The summed E-state index contributed by atoms with van der Waals surface area (Å²) in [6, 6.07) is 1.35. The van der Waals surface area contributed by atoms with E-state index in [1.54, 1.807) is 0 Å². The zero-order valence-electron chi connectivity index (χ0n) is 13.6. The maximum atomic E-state index is 13.8. The molecule has 1 aliphatic carbocycles. The Morgan fingerprint density at radius 1 is 1.35 bits per heavy atom. The number of nitro benzene ring substituents is 1. The van der Waals surface area contributed by atoms with Crippen LogP contribution in [0.4, 0.5) is 23.2 Å². The molecule has 0 saturated carbocycles. The highest BCUT2D eigenvalue weighted by molar-refractivity contribution is 5.98. The molecule has 1 atom stereocenters. The van der Waals surface area contributed by atoms with Crippen LogP contribution in [0.3, 0.4) is 0 Å². The molecule has 1 aromatic rings. The van der Waals surface area contributed by atoms with Gasteiger partial charge in [-0.15, -0.1) is 0 Å². The van der Waals surface area contributed by atoms with Crippen LogP contribution >= 0.6 is 0 Å². The van der Waals surface area contributed by atoms with Crippen molar-refractivity contribution in [3.05, 3.63) is 51.3 Å². The van der Waals surface area contributed by atoms with Crippen LogP contribution in [-0.2, 0) is 15.7 Å². The molecule has 2 rings (SSSR count). The minimum Gasteiger partial charge on any atom is -0.427 e. The van der Waals surface area contributed by atoms with Crippen LogP contribution in [0, 0.1) is 15.5 Å². The van der Waals surface area contributed by atoms with E-state index in [-0.39, 0.29) is 18.2 Å². The molecule has 6 nitrogen and oxygen atoms in total. The van der Waals surface area contributed by atoms with Gasteiger partial charge in [-0.2, -0.15) is 13.2 Å². The number of halogens is 4. The van der Waals surface area contributed by atoms with Gasteiger partial charge < -0.3 is 4.74 Å². The third-order valence-corrected chi connectivity index (χ3v) is 3.83. The monoisotopic (exact) mass is 375 g/mol. The molecule has 0 aromatic heterocycles. The van der Waals surface area contributed by atoms with E-state index < -0.39 is 51.3 Å². The van der Waals surface area contributed by atoms with Crippen molar-refractivity contribution in [2.24, 2.45) is 5.41 Å². The van der Waals surface area contributed by atoms with Crippen LogP contribution in [0.15, 0.2) is 30.0 Å². The molecule has 1 unspecified atom stereocenters. The first kappa shape index (κ1) is 19.5. The summed E-state index contributed by atoms with van der Waals surface area (Å²) in [5.41, 5.74) is -4.26.